The van der Waals surface area contributed by atoms with Gasteiger partial charge in [0.15, 0.2) is 0 Å². The summed E-state index contributed by atoms with van der Waals surface area (Å²) < 4.78 is 2.21. The molecule has 4 atom stereocenters. The van der Waals surface area contributed by atoms with E-state index in [9.17, 15) is 4.79 Å². The number of aromatic nitrogens is 1. The number of amides is 1. The van der Waals surface area contributed by atoms with Crippen molar-refractivity contribution in [2.75, 3.05) is 6.54 Å². The van der Waals surface area contributed by atoms with E-state index < -0.39 is 0 Å². The lowest BCUT2D eigenvalue weighted by molar-refractivity contribution is -0.139. The summed E-state index contributed by atoms with van der Waals surface area (Å²) in [4.78, 5) is 15.5. The molecule has 2 saturated carbocycles. The van der Waals surface area contributed by atoms with Crippen LogP contribution in [0.3, 0.4) is 0 Å². The van der Waals surface area contributed by atoms with Gasteiger partial charge in [-0.25, -0.2) is 0 Å². The van der Waals surface area contributed by atoms with Crippen LogP contribution >= 0.6 is 0 Å². The first kappa shape index (κ1) is 14.3. The zero-order valence-electron chi connectivity index (χ0n) is 13.7. The normalized spacial score (nSPS) is 34.9. The molecule has 120 valence electrons. The monoisotopic (exact) mass is 300 g/mol. The van der Waals surface area contributed by atoms with E-state index in [1.165, 1.54) is 50.6 Å². The predicted octanol–water partition coefficient (Wildman–Crippen LogP) is 3.91. The number of fused-ring (bicyclic) bond motifs is 2. The van der Waals surface area contributed by atoms with Gasteiger partial charge >= 0.3 is 0 Å². The van der Waals surface area contributed by atoms with Crippen molar-refractivity contribution in [1.29, 1.82) is 0 Å². The molecule has 0 radical (unpaired) electrons. The van der Waals surface area contributed by atoms with E-state index in [1.54, 1.807) is 0 Å². The van der Waals surface area contributed by atoms with Crippen molar-refractivity contribution in [3.05, 3.63) is 24.0 Å². The number of carbonyl (C=O) groups excluding carboxylic acids is 1. The summed E-state index contributed by atoms with van der Waals surface area (Å²) in [5.74, 6) is 2.34. The standard InChI is InChI=1S/C19H28N2O/c1-20-10-5-7-17(20)18-6-3-2-4-11-21(18)19(22)16-13-14-8-9-15(16)12-14/h5,7,10,14-16,18H,2-4,6,8-9,11-13H2,1H3. The largest absolute Gasteiger partial charge is 0.353 e. The van der Waals surface area contributed by atoms with Crippen molar-refractivity contribution in [2.45, 2.75) is 57.4 Å². The molecule has 0 spiro atoms. The molecule has 2 bridgehead atoms. The van der Waals surface area contributed by atoms with Gasteiger partial charge in [0.2, 0.25) is 5.91 Å². The van der Waals surface area contributed by atoms with E-state index in [0.717, 1.165) is 18.9 Å². The number of rotatable bonds is 2. The minimum Gasteiger partial charge on any atom is -0.353 e. The number of hydrogen-bond donors (Lipinski definition) is 0. The Morgan fingerprint density at radius 1 is 1.14 bits per heavy atom. The lowest BCUT2D eigenvalue weighted by Gasteiger charge is -2.35. The van der Waals surface area contributed by atoms with Gasteiger partial charge in [-0.3, -0.25) is 4.79 Å². The zero-order chi connectivity index (χ0) is 15.1. The SMILES string of the molecule is Cn1cccc1C1CCCCCN1C(=O)C1CC2CCC1C2. The molecule has 22 heavy (non-hydrogen) atoms. The molecule has 1 saturated heterocycles. The average Bonchev–Trinajstić information content (AvgIpc) is 3.20. The first-order chi connectivity index (χ1) is 10.7. The molecular formula is C19H28N2O. The maximum absolute atomic E-state index is 13.3. The second-order valence-corrected chi connectivity index (χ2v) is 7.72. The third-order valence-corrected chi connectivity index (χ3v) is 6.42. The van der Waals surface area contributed by atoms with E-state index in [2.05, 4.69) is 34.8 Å². The molecule has 1 aromatic rings. The second-order valence-electron chi connectivity index (χ2n) is 7.72. The Morgan fingerprint density at radius 2 is 2.05 bits per heavy atom. The van der Waals surface area contributed by atoms with Gasteiger partial charge in [-0.1, -0.05) is 19.3 Å². The Bertz CT molecular complexity index is 549. The van der Waals surface area contributed by atoms with Crippen LogP contribution in [-0.4, -0.2) is 21.9 Å². The fourth-order valence-corrected chi connectivity index (χ4v) is 5.26. The maximum Gasteiger partial charge on any atom is 0.226 e. The number of likely N-dealkylation sites (tertiary alicyclic amines) is 1. The van der Waals surface area contributed by atoms with E-state index in [1.807, 2.05) is 0 Å². The summed E-state index contributed by atoms with van der Waals surface area (Å²) in [5, 5.41) is 0. The molecular weight excluding hydrogens is 272 g/mol. The summed E-state index contributed by atoms with van der Waals surface area (Å²) in [6, 6.07) is 4.62. The summed E-state index contributed by atoms with van der Waals surface area (Å²) in [5.41, 5.74) is 1.32. The fourth-order valence-electron chi connectivity index (χ4n) is 5.26. The van der Waals surface area contributed by atoms with Crippen molar-refractivity contribution in [3.63, 3.8) is 0 Å². The molecule has 2 aliphatic carbocycles. The molecule has 3 heteroatoms. The van der Waals surface area contributed by atoms with Gasteiger partial charge in [0.1, 0.15) is 0 Å². The van der Waals surface area contributed by atoms with E-state index in [0.29, 0.717) is 23.8 Å². The molecule has 4 rings (SSSR count). The minimum absolute atomic E-state index is 0.300. The van der Waals surface area contributed by atoms with Crippen LogP contribution in [0.1, 0.15) is 63.1 Å². The molecule has 0 N–H and O–H groups in total. The van der Waals surface area contributed by atoms with Crippen LogP contribution in [0.15, 0.2) is 18.3 Å². The summed E-state index contributed by atoms with van der Waals surface area (Å²) in [6.07, 6.45) is 12.1. The number of aryl methyl sites for hydroxylation is 1. The first-order valence-electron chi connectivity index (χ1n) is 9.15. The Balaban J connectivity index is 1.59. The van der Waals surface area contributed by atoms with Gasteiger partial charge in [0.25, 0.3) is 0 Å². The average molecular weight is 300 g/mol. The van der Waals surface area contributed by atoms with Crippen molar-refractivity contribution in [2.24, 2.45) is 24.8 Å². The number of nitrogens with zero attached hydrogens (tertiary/aromatic N) is 2. The third kappa shape index (κ3) is 2.39. The second kappa shape index (κ2) is 5.75. The highest BCUT2D eigenvalue weighted by Crippen LogP contribution is 2.49. The Morgan fingerprint density at radius 3 is 2.73 bits per heavy atom. The van der Waals surface area contributed by atoms with Gasteiger partial charge in [-0.2, -0.15) is 0 Å². The summed E-state index contributed by atoms with van der Waals surface area (Å²) >= 11 is 0. The predicted molar refractivity (Wildman–Crippen MR) is 87.3 cm³/mol. The molecule has 1 amide bonds. The highest BCUT2D eigenvalue weighted by atomic mass is 16.2. The van der Waals surface area contributed by atoms with Gasteiger partial charge in [-0.05, 0) is 56.1 Å². The van der Waals surface area contributed by atoms with Crippen LogP contribution in [0.25, 0.3) is 0 Å². The number of carbonyl (C=O) groups is 1. The maximum atomic E-state index is 13.3. The zero-order valence-corrected chi connectivity index (χ0v) is 13.7. The van der Waals surface area contributed by atoms with Crippen LogP contribution < -0.4 is 0 Å². The molecule has 3 nitrogen and oxygen atoms in total. The van der Waals surface area contributed by atoms with Crippen LogP contribution in [0.5, 0.6) is 0 Å². The smallest absolute Gasteiger partial charge is 0.226 e. The molecule has 3 fully saturated rings. The lowest BCUT2D eigenvalue weighted by Crippen LogP contribution is -2.41. The summed E-state index contributed by atoms with van der Waals surface area (Å²) in [7, 11) is 2.11. The van der Waals surface area contributed by atoms with Crippen molar-refractivity contribution in [1.82, 2.24) is 9.47 Å². The van der Waals surface area contributed by atoms with Gasteiger partial charge in [0.05, 0.1) is 6.04 Å². The molecule has 2 heterocycles. The Labute approximate surface area is 133 Å². The molecule has 4 unspecified atom stereocenters. The first-order valence-corrected chi connectivity index (χ1v) is 9.15. The van der Waals surface area contributed by atoms with Gasteiger partial charge < -0.3 is 9.47 Å². The van der Waals surface area contributed by atoms with Crippen LogP contribution in [-0.2, 0) is 11.8 Å². The minimum atomic E-state index is 0.300. The Kier molecular flexibility index (Phi) is 3.75. The highest BCUT2D eigenvalue weighted by Gasteiger charge is 2.45. The van der Waals surface area contributed by atoms with Crippen LogP contribution in [0.4, 0.5) is 0 Å². The van der Waals surface area contributed by atoms with Gasteiger partial charge in [-0.15, -0.1) is 0 Å². The molecule has 1 aliphatic heterocycles. The third-order valence-electron chi connectivity index (χ3n) is 6.42. The lowest BCUT2D eigenvalue weighted by atomic mass is 9.87. The van der Waals surface area contributed by atoms with E-state index in [-0.39, 0.29) is 0 Å². The fraction of sp³-hybridized carbons (Fsp3) is 0.737. The summed E-state index contributed by atoms with van der Waals surface area (Å²) in [6.45, 7) is 0.961. The quantitative estimate of drug-likeness (QED) is 0.813. The molecule has 1 aromatic heterocycles. The number of hydrogen-bond acceptors (Lipinski definition) is 1. The molecule has 3 aliphatic rings. The van der Waals surface area contributed by atoms with E-state index >= 15 is 0 Å². The molecule has 0 aromatic carbocycles. The Hall–Kier alpha value is -1.25. The van der Waals surface area contributed by atoms with Crippen LogP contribution in [0.2, 0.25) is 0 Å². The topological polar surface area (TPSA) is 25.2 Å². The van der Waals surface area contributed by atoms with Crippen LogP contribution in [0, 0.1) is 17.8 Å². The van der Waals surface area contributed by atoms with E-state index in [4.69, 9.17) is 0 Å². The highest BCUT2D eigenvalue weighted by molar-refractivity contribution is 5.80. The van der Waals surface area contributed by atoms with Crippen molar-refractivity contribution >= 4 is 5.91 Å². The van der Waals surface area contributed by atoms with Crippen molar-refractivity contribution < 1.29 is 4.79 Å². The van der Waals surface area contributed by atoms with Gasteiger partial charge in [0, 0.05) is 31.4 Å². The van der Waals surface area contributed by atoms with Crippen molar-refractivity contribution in [3.8, 4) is 0 Å².